The Morgan fingerprint density at radius 2 is 1.88 bits per heavy atom. The van der Waals surface area contributed by atoms with Crippen molar-refractivity contribution < 1.29 is 4.74 Å². The van der Waals surface area contributed by atoms with Crippen LogP contribution in [-0.2, 0) is 7.05 Å². The quantitative estimate of drug-likeness (QED) is 0.553. The SMILES string of the molecule is COc1ccc2c(=O)n(C)c(-c3nccs3)c(-c3ccccc3)c2c1. The van der Waals surface area contributed by atoms with Gasteiger partial charge in [0.25, 0.3) is 5.56 Å². The first kappa shape index (κ1) is 15.6. The van der Waals surface area contributed by atoms with E-state index in [1.807, 2.05) is 41.8 Å². The lowest BCUT2D eigenvalue weighted by Crippen LogP contribution is -2.20. The fraction of sp³-hybridized carbons (Fsp3) is 0.100. The van der Waals surface area contributed by atoms with Crippen LogP contribution >= 0.6 is 11.3 Å². The van der Waals surface area contributed by atoms with Crippen molar-refractivity contribution in [3.8, 4) is 27.6 Å². The Bertz CT molecular complexity index is 1100. The average Bonchev–Trinajstić information content (AvgIpc) is 3.19. The van der Waals surface area contributed by atoms with E-state index in [9.17, 15) is 4.79 Å². The highest BCUT2D eigenvalue weighted by atomic mass is 32.1. The van der Waals surface area contributed by atoms with E-state index in [1.54, 1.807) is 24.9 Å². The smallest absolute Gasteiger partial charge is 0.258 e. The molecule has 2 aromatic heterocycles. The number of ether oxygens (including phenoxy) is 1. The fourth-order valence-corrected chi connectivity index (χ4v) is 3.83. The zero-order chi connectivity index (χ0) is 17.4. The van der Waals surface area contributed by atoms with Gasteiger partial charge in [-0.15, -0.1) is 11.3 Å². The highest BCUT2D eigenvalue weighted by molar-refractivity contribution is 7.13. The molecule has 0 aliphatic rings. The van der Waals surface area contributed by atoms with Crippen molar-refractivity contribution in [2.45, 2.75) is 0 Å². The third-order valence-electron chi connectivity index (χ3n) is 4.30. The van der Waals surface area contributed by atoms with Crippen LogP contribution in [0, 0.1) is 0 Å². The van der Waals surface area contributed by atoms with E-state index in [1.165, 1.54) is 11.3 Å². The second-order valence-corrected chi connectivity index (χ2v) is 6.60. The van der Waals surface area contributed by atoms with Crippen molar-refractivity contribution in [2.75, 3.05) is 7.11 Å². The molecule has 2 aromatic carbocycles. The van der Waals surface area contributed by atoms with Crippen molar-refractivity contribution in [1.29, 1.82) is 0 Å². The maximum atomic E-state index is 12.9. The first-order valence-electron chi connectivity index (χ1n) is 7.86. The minimum absolute atomic E-state index is 0.0393. The topological polar surface area (TPSA) is 44.1 Å². The van der Waals surface area contributed by atoms with Crippen LogP contribution in [0.2, 0.25) is 0 Å². The van der Waals surface area contributed by atoms with Gasteiger partial charge in [0.1, 0.15) is 10.8 Å². The summed E-state index contributed by atoms with van der Waals surface area (Å²) in [5.74, 6) is 0.725. The Hall–Kier alpha value is -2.92. The summed E-state index contributed by atoms with van der Waals surface area (Å²) in [7, 11) is 3.43. The third-order valence-corrected chi connectivity index (χ3v) is 5.08. The second-order valence-electron chi connectivity index (χ2n) is 5.70. The summed E-state index contributed by atoms with van der Waals surface area (Å²) >= 11 is 1.52. The lowest BCUT2D eigenvalue weighted by atomic mass is 9.96. The van der Waals surface area contributed by atoms with E-state index in [-0.39, 0.29) is 5.56 Å². The highest BCUT2D eigenvalue weighted by Gasteiger charge is 2.19. The highest BCUT2D eigenvalue weighted by Crippen LogP contribution is 2.38. The van der Waals surface area contributed by atoms with Crippen LogP contribution in [-0.4, -0.2) is 16.7 Å². The summed E-state index contributed by atoms with van der Waals surface area (Å²) in [4.78, 5) is 17.4. The maximum absolute atomic E-state index is 12.9. The predicted molar refractivity (Wildman–Crippen MR) is 102 cm³/mol. The molecule has 0 aliphatic heterocycles. The number of rotatable bonds is 3. The molecule has 4 rings (SSSR count). The molecule has 0 spiro atoms. The fourth-order valence-electron chi connectivity index (χ4n) is 3.11. The van der Waals surface area contributed by atoms with Gasteiger partial charge in [-0.05, 0) is 23.8 Å². The van der Waals surface area contributed by atoms with Crippen molar-refractivity contribution in [1.82, 2.24) is 9.55 Å². The van der Waals surface area contributed by atoms with Crippen LogP contribution in [0.4, 0.5) is 0 Å². The number of hydrogen-bond acceptors (Lipinski definition) is 4. The van der Waals surface area contributed by atoms with Crippen molar-refractivity contribution >= 4 is 22.1 Å². The summed E-state index contributed by atoms with van der Waals surface area (Å²) in [6.07, 6.45) is 1.76. The predicted octanol–water partition coefficient (Wildman–Crippen LogP) is 4.34. The number of thiazole rings is 1. The number of methoxy groups -OCH3 is 1. The van der Waals surface area contributed by atoms with Gasteiger partial charge in [0.15, 0.2) is 0 Å². The largest absolute Gasteiger partial charge is 0.497 e. The van der Waals surface area contributed by atoms with Crippen LogP contribution in [0.25, 0.3) is 32.6 Å². The molecule has 0 aliphatic carbocycles. The van der Waals surface area contributed by atoms with E-state index >= 15 is 0 Å². The van der Waals surface area contributed by atoms with Gasteiger partial charge >= 0.3 is 0 Å². The normalized spacial score (nSPS) is 11.0. The molecule has 0 atom stereocenters. The van der Waals surface area contributed by atoms with E-state index in [0.29, 0.717) is 5.39 Å². The minimum Gasteiger partial charge on any atom is -0.497 e. The van der Waals surface area contributed by atoms with Crippen LogP contribution in [0.15, 0.2) is 64.9 Å². The number of benzene rings is 2. The molecule has 0 bridgehead atoms. The zero-order valence-corrected chi connectivity index (χ0v) is 14.7. The summed E-state index contributed by atoms with van der Waals surface area (Å²) in [5, 5.41) is 4.29. The third kappa shape index (κ3) is 2.53. The van der Waals surface area contributed by atoms with Crippen LogP contribution in [0.3, 0.4) is 0 Å². The molecule has 0 saturated carbocycles. The second kappa shape index (κ2) is 6.18. The number of pyridine rings is 1. The number of hydrogen-bond donors (Lipinski definition) is 0. The van der Waals surface area contributed by atoms with Crippen LogP contribution < -0.4 is 10.3 Å². The maximum Gasteiger partial charge on any atom is 0.258 e. The molecule has 0 unspecified atom stereocenters. The molecular formula is C20H16N2O2S. The Labute approximate surface area is 149 Å². The van der Waals surface area contributed by atoms with Crippen molar-refractivity contribution in [2.24, 2.45) is 7.05 Å². The van der Waals surface area contributed by atoms with Crippen molar-refractivity contribution in [3.05, 3.63) is 70.5 Å². The van der Waals surface area contributed by atoms with Crippen LogP contribution in [0.5, 0.6) is 5.75 Å². The first-order valence-corrected chi connectivity index (χ1v) is 8.74. The van der Waals surface area contributed by atoms with Gasteiger partial charge < -0.3 is 9.30 Å². The molecule has 0 N–H and O–H groups in total. The van der Waals surface area contributed by atoms with Gasteiger partial charge in [0.2, 0.25) is 0 Å². The molecule has 5 heteroatoms. The molecular weight excluding hydrogens is 332 g/mol. The molecule has 4 nitrogen and oxygen atoms in total. The van der Waals surface area contributed by atoms with Crippen LogP contribution in [0.1, 0.15) is 0 Å². The lowest BCUT2D eigenvalue weighted by Gasteiger charge is -2.16. The molecule has 0 amide bonds. The summed E-state index contributed by atoms with van der Waals surface area (Å²) in [6.45, 7) is 0. The Kier molecular flexibility index (Phi) is 3.86. The standard InChI is InChI=1S/C20H16N2O2S/c1-22-18(19-21-10-11-25-19)17(13-6-4-3-5-7-13)16-12-14(24-2)8-9-15(16)20(22)23/h3-12H,1-2H3. The summed E-state index contributed by atoms with van der Waals surface area (Å²) in [6, 6.07) is 15.7. The van der Waals surface area contributed by atoms with E-state index < -0.39 is 0 Å². The van der Waals surface area contributed by atoms with E-state index in [2.05, 4.69) is 17.1 Å². The van der Waals surface area contributed by atoms with Gasteiger partial charge in [-0.1, -0.05) is 30.3 Å². The van der Waals surface area contributed by atoms with Crippen molar-refractivity contribution in [3.63, 3.8) is 0 Å². The number of nitrogens with zero attached hydrogens (tertiary/aromatic N) is 2. The van der Waals surface area contributed by atoms with Gasteiger partial charge in [0, 0.05) is 35.0 Å². The molecule has 25 heavy (non-hydrogen) atoms. The zero-order valence-electron chi connectivity index (χ0n) is 13.9. The Morgan fingerprint density at radius 1 is 1.08 bits per heavy atom. The van der Waals surface area contributed by atoms with Gasteiger partial charge in [-0.2, -0.15) is 0 Å². The molecule has 2 heterocycles. The average molecular weight is 348 g/mol. The molecule has 124 valence electrons. The first-order chi connectivity index (χ1) is 12.2. The van der Waals surface area contributed by atoms with E-state index in [0.717, 1.165) is 33.0 Å². The molecule has 0 saturated heterocycles. The Balaban J connectivity index is 2.23. The molecule has 0 fully saturated rings. The van der Waals surface area contributed by atoms with Gasteiger partial charge in [-0.3, -0.25) is 4.79 Å². The van der Waals surface area contributed by atoms with Gasteiger partial charge in [0.05, 0.1) is 12.8 Å². The number of fused-ring (bicyclic) bond motifs is 1. The number of aromatic nitrogens is 2. The lowest BCUT2D eigenvalue weighted by molar-refractivity contribution is 0.415. The Morgan fingerprint density at radius 3 is 2.56 bits per heavy atom. The minimum atomic E-state index is -0.0393. The van der Waals surface area contributed by atoms with Gasteiger partial charge in [-0.25, -0.2) is 4.98 Å². The molecule has 4 aromatic rings. The summed E-state index contributed by atoms with van der Waals surface area (Å²) < 4.78 is 7.08. The summed E-state index contributed by atoms with van der Waals surface area (Å²) in [5.41, 5.74) is 2.82. The monoisotopic (exact) mass is 348 g/mol. The van der Waals surface area contributed by atoms with E-state index in [4.69, 9.17) is 4.74 Å². The molecule has 0 radical (unpaired) electrons.